The lowest BCUT2D eigenvalue weighted by molar-refractivity contribution is -0.139. The van der Waals surface area contributed by atoms with Crippen molar-refractivity contribution < 1.29 is 14.3 Å². The average Bonchev–Trinajstić information content (AvgIpc) is 2.86. The molecule has 1 atom stereocenters. The molecule has 0 saturated carbocycles. The fourth-order valence-corrected chi connectivity index (χ4v) is 5.08. The van der Waals surface area contributed by atoms with E-state index in [4.69, 9.17) is 4.74 Å². The third kappa shape index (κ3) is 5.82. The maximum Gasteiger partial charge on any atom is 0.338 e. The van der Waals surface area contributed by atoms with Crippen molar-refractivity contribution in [3.05, 3.63) is 70.4 Å². The molecule has 1 saturated heterocycles. The highest BCUT2D eigenvalue weighted by atomic mass is 32.2. The first-order chi connectivity index (χ1) is 16.9. The molecule has 0 unspecified atom stereocenters. The van der Waals surface area contributed by atoms with Crippen molar-refractivity contribution in [3.8, 4) is 0 Å². The van der Waals surface area contributed by atoms with Crippen LogP contribution < -0.4 is 15.5 Å². The van der Waals surface area contributed by atoms with E-state index in [0.29, 0.717) is 17.8 Å². The lowest BCUT2D eigenvalue weighted by Gasteiger charge is -2.38. The van der Waals surface area contributed by atoms with Gasteiger partial charge in [-0.15, -0.1) is 11.8 Å². The molecule has 0 bridgehead atoms. The largest absolute Gasteiger partial charge is 0.463 e. The number of aryl methyl sites for hydroxylation is 2. The lowest BCUT2D eigenvalue weighted by Crippen LogP contribution is -2.52. The van der Waals surface area contributed by atoms with Crippen LogP contribution in [0, 0.1) is 13.8 Å². The van der Waals surface area contributed by atoms with Crippen LogP contribution in [-0.2, 0) is 9.53 Å². The molecule has 2 heterocycles. The number of amides is 2. The van der Waals surface area contributed by atoms with Gasteiger partial charge in [0.15, 0.2) is 0 Å². The fraction of sp³-hybridized carbons (Fsp3) is 0.407. The number of hydrogen-bond acceptors (Lipinski definition) is 6. The van der Waals surface area contributed by atoms with Gasteiger partial charge < -0.3 is 20.3 Å². The van der Waals surface area contributed by atoms with Crippen molar-refractivity contribution in [1.82, 2.24) is 15.5 Å². The molecule has 8 heteroatoms. The van der Waals surface area contributed by atoms with Gasteiger partial charge in [0.1, 0.15) is 0 Å². The zero-order chi connectivity index (χ0) is 24.9. The quantitative estimate of drug-likeness (QED) is 0.448. The van der Waals surface area contributed by atoms with Crippen molar-refractivity contribution in [2.24, 2.45) is 0 Å². The molecule has 0 aliphatic carbocycles. The van der Waals surface area contributed by atoms with Crippen LogP contribution in [0.1, 0.15) is 29.7 Å². The van der Waals surface area contributed by atoms with E-state index < -0.39 is 12.0 Å². The molecule has 1 fully saturated rings. The van der Waals surface area contributed by atoms with Gasteiger partial charge in [-0.05, 0) is 61.9 Å². The Morgan fingerprint density at radius 3 is 2.46 bits per heavy atom. The Morgan fingerprint density at radius 1 is 1.09 bits per heavy atom. The van der Waals surface area contributed by atoms with Gasteiger partial charge in [-0.25, -0.2) is 9.59 Å². The van der Waals surface area contributed by atoms with Crippen molar-refractivity contribution in [2.75, 3.05) is 50.5 Å². The Morgan fingerprint density at radius 2 is 1.80 bits per heavy atom. The van der Waals surface area contributed by atoms with Crippen LogP contribution in [0.5, 0.6) is 0 Å². The molecular weight excluding hydrogens is 460 g/mol. The van der Waals surface area contributed by atoms with Gasteiger partial charge in [-0.1, -0.05) is 24.3 Å². The van der Waals surface area contributed by atoms with Crippen molar-refractivity contribution >= 4 is 29.4 Å². The monoisotopic (exact) mass is 494 g/mol. The highest BCUT2D eigenvalue weighted by Gasteiger charge is 2.34. The number of piperazine rings is 1. The second-order valence-corrected chi connectivity index (χ2v) is 9.85. The van der Waals surface area contributed by atoms with Gasteiger partial charge in [0.05, 0.1) is 18.2 Å². The second-order valence-electron chi connectivity index (χ2n) is 8.97. The number of ether oxygens (including phenoxy) is 1. The lowest BCUT2D eigenvalue weighted by atomic mass is 9.95. The molecule has 35 heavy (non-hydrogen) atoms. The first-order valence-electron chi connectivity index (χ1n) is 12.1. The summed E-state index contributed by atoms with van der Waals surface area (Å²) in [5.41, 5.74) is 5.76. The van der Waals surface area contributed by atoms with Crippen molar-refractivity contribution in [2.45, 2.75) is 31.7 Å². The highest BCUT2D eigenvalue weighted by Crippen LogP contribution is 2.30. The van der Waals surface area contributed by atoms with E-state index in [9.17, 15) is 9.59 Å². The van der Waals surface area contributed by atoms with Crippen LogP contribution in [-0.4, -0.2) is 62.5 Å². The summed E-state index contributed by atoms with van der Waals surface area (Å²) in [5, 5.41) is 5.83. The Balaban J connectivity index is 1.56. The van der Waals surface area contributed by atoms with Gasteiger partial charge in [0, 0.05) is 49.0 Å². The molecule has 2 aromatic rings. The number of rotatable bonds is 7. The third-order valence-corrected chi connectivity index (χ3v) is 7.30. The molecule has 0 aromatic heterocycles. The summed E-state index contributed by atoms with van der Waals surface area (Å²) < 4.78 is 5.41. The number of hydrogen-bond donors (Lipinski definition) is 2. The Hall–Kier alpha value is -2.97. The van der Waals surface area contributed by atoms with Crippen molar-refractivity contribution in [3.63, 3.8) is 0 Å². The summed E-state index contributed by atoms with van der Waals surface area (Å²) in [6.45, 7) is 10.3. The molecule has 7 nitrogen and oxygen atoms in total. The maximum absolute atomic E-state index is 13.1. The van der Waals surface area contributed by atoms with Crippen molar-refractivity contribution in [1.29, 1.82) is 0 Å². The minimum absolute atomic E-state index is 0.274. The molecular formula is C27H34N4O3S. The van der Waals surface area contributed by atoms with Gasteiger partial charge >= 0.3 is 12.0 Å². The number of carbonyl (C=O) groups is 2. The summed E-state index contributed by atoms with van der Waals surface area (Å²) >= 11 is 1.65. The zero-order valence-corrected chi connectivity index (χ0v) is 21.7. The van der Waals surface area contributed by atoms with Crippen LogP contribution in [0.25, 0.3) is 0 Å². The standard InChI is InChI=1S/C27H34N4O3S/c1-5-34-26(32)24-22(28-27(33)29-25(24)20-8-10-21(35-4)11-9-20)17-30-12-14-31(15-13-30)23-16-18(2)6-7-19(23)3/h6-11,16,25H,5,12-15,17H2,1-4H3,(H2,28,29,33)/t25-/m1/s1. The van der Waals surface area contributed by atoms with E-state index in [-0.39, 0.29) is 12.6 Å². The van der Waals surface area contributed by atoms with E-state index in [1.54, 1.807) is 18.7 Å². The highest BCUT2D eigenvalue weighted by molar-refractivity contribution is 7.98. The van der Waals surface area contributed by atoms with Crippen LogP contribution in [0.15, 0.2) is 58.6 Å². The van der Waals surface area contributed by atoms with Crippen LogP contribution in [0.3, 0.4) is 0 Å². The molecule has 186 valence electrons. The van der Waals surface area contributed by atoms with Gasteiger partial charge in [-0.3, -0.25) is 4.90 Å². The molecule has 2 amide bonds. The Bertz CT molecular complexity index is 1110. The van der Waals surface area contributed by atoms with E-state index >= 15 is 0 Å². The fourth-order valence-electron chi connectivity index (χ4n) is 4.67. The molecule has 0 radical (unpaired) electrons. The molecule has 2 aliphatic rings. The summed E-state index contributed by atoms with van der Waals surface area (Å²) in [6.07, 6.45) is 2.02. The molecule has 2 aliphatic heterocycles. The first kappa shape index (κ1) is 25.1. The van der Waals surface area contributed by atoms with Gasteiger partial charge in [-0.2, -0.15) is 0 Å². The normalized spacial score (nSPS) is 18.8. The smallest absolute Gasteiger partial charge is 0.338 e. The Kier molecular flexibility index (Phi) is 8.03. The first-order valence-corrected chi connectivity index (χ1v) is 13.3. The number of benzene rings is 2. The SMILES string of the molecule is CCOC(=O)C1=C(CN2CCN(c3cc(C)ccc3C)CC2)NC(=O)N[C@@H]1c1ccc(SC)cc1. The summed E-state index contributed by atoms with van der Waals surface area (Å²) in [4.78, 5) is 31.5. The second kappa shape index (κ2) is 11.2. The maximum atomic E-state index is 13.1. The number of esters is 1. The number of urea groups is 1. The number of nitrogens with one attached hydrogen (secondary N) is 2. The minimum atomic E-state index is -0.551. The minimum Gasteiger partial charge on any atom is -0.463 e. The number of carbonyl (C=O) groups excluding carboxylic acids is 2. The zero-order valence-electron chi connectivity index (χ0n) is 20.9. The summed E-state index contributed by atoms with van der Waals surface area (Å²) in [7, 11) is 0. The number of anilines is 1. The molecule has 2 aromatic carbocycles. The average molecular weight is 495 g/mol. The Labute approximate surface area is 211 Å². The topological polar surface area (TPSA) is 73.9 Å². The van der Waals surface area contributed by atoms with Crippen LogP contribution in [0.4, 0.5) is 10.5 Å². The van der Waals surface area contributed by atoms with E-state index in [1.165, 1.54) is 16.8 Å². The molecule has 2 N–H and O–H groups in total. The van der Waals surface area contributed by atoms with Gasteiger partial charge in [0.25, 0.3) is 0 Å². The predicted molar refractivity (Wildman–Crippen MR) is 141 cm³/mol. The van der Waals surface area contributed by atoms with E-state index in [1.807, 2.05) is 30.5 Å². The molecule has 4 rings (SSSR count). The number of nitrogens with zero attached hydrogens (tertiary/aromatic N) is 2. The van der Waals surface area contributed by atoms with E-state index in [0.717, 1.165) is 36.6 Å². The summed E-state index contributed by atoms with van der Waals surface area (Å²) in [5.74, 6) is -0.400. The van der Waals surface area contributed by atoms with Crippen LogP contribution in [0.2, 0.25) is 0 Å². The van der Waals surface area contributed by atoms with E-state index in [2.05, 4.69) is 52.5 Å². The summed E-state index contributed by atoms with van der Waals surface area (Å²) in [6, 6.07) is 13.6. The third-order valence-electron chi connectivity index (χ3n) is 6.56. The predicted octanol–water partition coefficient (Wildman–Crippen LogP) is 4.02. The number of thioether (sulfide) groups is 1. The van der Waals surface area contributed by atoms with Crippen LogP contribution >= 0.6 is 11.8 Å². The molecule has 0 spiro atoms. The van der Waals surface area contributed by atoms with Gasteiger partial charge in [0.2, 0.25) is 0 Å².